The number of hydrogen-bond acceptors (Lipinski definition) is 4. The molecule has 0 spiro atoms. The van der Waals surface area contributed by atoms with Gasteiger partial charge in [0.25, 0.3) is 5.56 Å². The Labute approximate surface area is 152 Å². The topological polar surface area (TPSA) is 84.3 Å². The van der Waals surface area contributed by atoms with Crippen molar-refractivity contribution in [3.05, 3.63) is 33.1 Å². The maximum absolute atomic E-state index is 11.7. The molecule has 4 atom stereocenters. The molecule has 0 amide bonds. The monoisotopic (exact) mass is 491 g/mol. The summed E-state index contributed by atoms with van der Waals surface area (Å²) in [5, 5.41) is 10.2. The third kappa shape index (κ3) is 2.80. The molecular formula is C13H16AcN2O4. The van der Waals surface area contributed by atoms with Gasteiger partial charge in [0.15, 0.2) is 6.23 Å². The van der Waals surface area contributed by atoms with Gasteiger partial charge in [0, 0.05) is 62.2 Å². The molecule has 1 aromatic rings. The van der Waals surface area contributed by atoms with Gasteiger partial charge in [0.05, 0.1) is 0 Å². The number of aliphatic hydroxyl groups is 1. The molecule has 0 aromatic carbocycles. The molecule has 1 radical (unpaired) electrons. The van der Waals surface area contributed by atoms with Gasteiger partial charge in [-0.3, -0.25) is 14.3 Å². The van der Waals surface area contributed by atoms with E-state index in [1.165, 1.54) is 12.3 Å². The number of hydrogen-bond donors (Lipinski definition) is 2. The fourth-order valence-electron chi connectivity index (χ4n) is 2.44. The summed E-state index contributed by atoms with van der Waals surface area (Å²) in [6.07, 6.45) is 5.51. The molecule has 0 aliphatic carbocycles. The number of nitrogens with zero attached hydrogens (tertiary/aromatic N) is 1. The van der Waals surface area contributed by atoms with Gasteiger partial charge < -0.3 is 9.84 Å². The molecule has 7 heteroatoms. The zero-order chi connectivity index (χ0) is 14.2. The largest absolute Gasteiger partial charge is 0.388 e. The second-order valence-corrected chi connectivity index (χ2v) is 4.69. The van der Waals surface area contributed by atoms with Gasteiger partial charge in [-0.1, -0.05) is 19.8 Å². The first kappa shape index (κ1) is 17.7. The average Bonchev–Trinajstić information content (AvgIpc) is 2.64. The van der Waals surface area contributed by atoms with Crippen LogP contribution in [0.1, 0.15) is 26.5 Å². The first-order chi connectivity index (χ1) is 8.95. The van der Waals surface area contributed by atoms with Gasteiger partial charge >= 0.3 is 5.69 Å². The third-order valence-corrected chi connectivity index (χ3v) is 3.77. The summed E-state index contributed by atoms with van der Waals surface area (Å²) in [6, 6.07) is 1.20. The molecule has 20 heavy (non-hydrogen) atoms. The summed E-state index contributed by atoms with van der Waals surface area (Å²) in [5.41, 5.74) is -2.03. The standard InChI is InChI=1S/C13H16N2O4.Ac/c1-4-13(5-2)8(3)10(17)11(19-13)15-7-6-9(16)14-12(15)18;/h1,6-8,10-11,17H,5H2,2-3H3,(H,14,16,18);. The van der Waals surface area contributed by atoms with E-state index in [0.29, 0.717) is 6.42 Å². The molecule has 0 saturated carbocycles. The summed E-state index contributed by atoms with van der Waals surface area (Å²) in [4.78, 5) is 24.9. The molecule has 2 rings (SSSR count). The van der Waals surface area contributed by atoms with Crippen molar-refractivity contribution in [2.24, 2.45) is 5.92 Å². The van der Waals surface area contributed by atoms with Crippen LogP contribution in [0.15, 0.2) is 21.9 Å². The van der Waals surface area contributed by atoms with Gasteiger partial charge in [-0.05, 0) is 6.42 Å². The van der Waals surface area contributed by atoms with Gasteiger partial charge in [-0.15, -0.1) is 6.42 Å². The van der Waals surface area contributed by atoms with Crippen LogP contribution in [0.25, 0.3) is 0 Å². The van der Waals surface area contributed by atoms with Gasteiger partial charge in [-0.2, -0.15) is 0 Å². The first-order valence-electron chi connectivity index (χ1n) is 6.10. The predicted octanol–water partition coefficient (Wildman–Crippen LogP) is -0.156. The van der Waals surface area contributed by atoms with Crippen LogP contribution in [0.2, 0.25) is 0 Å². The smallest absolute Gasteiger partial charge is 0.330 e. The average molecular weight is 491 g/mol. The van der Waals surface area contributed by atoms with Crippen LogP contribution in [0, 0.1) is 62.3 Å². The van der Waals surface area contributed by atoms with Gasteiger partial charge in [-0.25, -0.2) is 4.79 Å². The molecule has 6 nitrogen and oxygen atoms in total. The molecule has 2 heterocycles. The zero-order valence-electron chi connectivity index (χ0n) is 11.4. The predicted molar refractivity (Wildman–Crippen MR) is 68.5 cm³/mol. The van der Waals surface area contributed by atoms with Crippen LogP contribution in [-0.2, 0) is 4.74 Å². The summed E-state index contributed by atoms with van der Waals surface area (Å²) >= 11 is 0. The Hall–Kier alpha value is -0.398. The molecule has 2 N–H and O–H groups in total. The summed E-state index contributed by atoms with van der Waals surface area (Å²) in [5.74, 6) is 2.25. The second kappa shape index (κ2) is 6.58. The van der Waals surface area contributed by atoms with Gasteiger partial charge in [0.1, 0.15) is 11.7 Å². The Kier molecular flexibility index (Phi) is 5.80. The van der Waals surface area contributed by atoms with E-state index >= 15 is 0 Å². The van der Waals surface area contributed by atoms with E-state index in [9.17, 15) is 14.7 Å². The van der Waals surface area contributed by atoms with Crippen molar-refractivity contribution >= 4 is 0 Å². The number of aromatic amines is 1. The van der Waals surface area contributed by atoms with E-state index in [4.69, 9.17) is 11.2 Å². The fourth-order valence-corrected chi connectivity index (χ4v) is 2.44. The number of H-pyrrole nitrogens is 1. The first-order valence-corrected chi connectivity index (χ1v) is 6.10. The van der Waals surface area contributed by atoms with Crippen molar-refractivity contribution in [3.8, 4) is 12.3 Å². The van der Waals surface area contributed by atoms with E-state index in [1.54, 1.807) is 6.92 Å². The minimum atomic E-state index is -0.917. The Balaban J connectivity index is 0.00000200. The number of ether oxygens (including phenoxy) is 1. The maximum atomic E-state index is 11.7. The quantitative estimate of drug-likeness (QED) is 0.564. The van der Waals surface area contributed by atoms with Crippen LogP contribution >= 0.6 is 0 Å². The van der Waals surface area contributed by atoms with E-state index in [1.807, 2.05) is 6.92 Å². The Morgan fingerprint density at radius 2 is 2.25 bits per heavy atom. The van der Waals surface area contributed by atoms with Crippen molar-refractivity contribution in [3.63, 3.8) is 0 Å². The minimum absolute atomic E-state index is 0. The number of rotatable bonds is 2. The fraction of sp³-hybridized carbons (Fsp3) is 0.538. The van der Waals surface area contributed by atoms with Crippen molar-refractivity contribution in [2.45, 2.75) is 38.2 Å². The second-order valence-electron chi connectivity index (χ2n) is 4.69. The Morgan fingerprint density at radius 1 is 1.60 bits per heavy atom. The maximum Gasteiger partial charge on any atom is 0.330 e. The number of nitrogens with one attached hydrogen (secondary N) is 1. The summed E-state index contributed by atoms with van der Waals surface area (Å²) < 4.78 is 6.88. The molecule has 1 aromatic heterocycles. The van der Waals surface area contributed by atoms with Crippen LogP contribution in [0.3, 0.4) is 0 Å². The molecule has 0 bridgehead atoms. The normalized spacial score (nSPS) is 32.4. The molecule has 1 fully saturated rings. The SMILES string of the molecule is C#CC1(CC)OC(n2ccc(=O)[nH]c2=O)C(O)C1C.[Ac]. The van der Waals surface area contributed by atoms with Crippen molar-refractivity contribution in [1.82, 2.24) is 9.55 Å². The third-order valence-electron chi connectivity index (χ3n) is 3.77. The Bertz CT molecular complexity index is 632. The van der Waals surface area contributed by atoms with Crippen molar-refractivity contribution in [1.29, 1.82) is 0 Å². The summed E-state index contributed by atoms with van der Waals surface area (Å²) in [6.45, 7) is 3.64. The van der Waals surface area contributed by atoms with Crippen molar-refractivity contribution < 1.29 is 53.9 Å². The van der Waals surface area contributed by atoms with E-state index in [0.717, 1.165) is 4.57 Å². The van der Waals surface area contributed by atoms with Crippen LogP contribution in [-0.4, -0.2) is 26.4 Å². The van der Waals surface area contributed by atoms with Gasteiger partial charge in [0.2, 0.25) is 0 Å². The van der Waals surface area contributed by atoms with Crippen LogP contribution in [0.4, 0.5) is 0 Å². The molecule has 4 unspecified atom stereocenters. The van der Waals surface area contributed by atoms with E-state index < -0.39 is 29.2 Å². The number of terminal acetylenes is 1. The zero-order valence-corrected chi connectivity index (χ0v) is 16.1. The van der Waals surface area contributed by atoms with Crippen LogP contribution in [0.5, 0.6) is 0 Å². The van der Waals surface area contributed by atoms with E-state index in [-0.39, 0.29) is 50.0 Å². The van der Waals surface area contributed by atoms with Crippen molar-refractivity contribution in [2.75, 3.05) is 0 Å². The minimum Gasteiger partial charge on any atom is -0.388 e. The molecular weight excluding hydrogens is 475 g/mol. The Morgan fingerprint density at radius 3 is 2.70 bits per heavy atom. The molecule has 105 valence electrons. The summed E-state index contributed by atoms with van der Waals surface area (Å²) in [7, 11) is 0. The molecule has 1 aliphatic heterocycles. The molecule has 1 saturated heterocycles. The number of aliphatic hydroxyl groups excluding tert-OH is 1. The van der Waals surface area contributed by atoms with Crippen LogP contribution < -0.4 is 11.2 Å². The molecule has 1 aliphatic rings. The van der Waals surface area contributed by atoms with E-state index in [2.05, 4.69) is 10.9 Å². The number of aromatic nitrogens is 2.